The lowest BCUT2D eigenvalue weighted by Crippen LogP contribution is -2.33. The zero-order chi connectivity index (χ0) is 25.5. The van der Waals surface area contributed by atoms with Crippen molar-refractivity contribution in [2.45, 2.75) is 65.2 Å². The highest BCUT2D eigenvalue weighted by atomic mass is 32.2. The fourth-order valence-corrected chi connectivity index (χ4v) is 4.48. The van der Waals surface area contributed by atoms with Crippen molar-refractivity contribution in [3.05, 3.63) is 71.0 Å². The summed E-state index contributed by atoms with van der Waals surface area (Å²) in [6, 6.07) is 15.1. The van der Waals surface area contributed by atoms with Gasteiger partial charge in [-0.25, -0.2) is 0 Å². The predicted molar refractivity (Wildman–Crippen MR) is 142 cm³/mol. The van der Waals surface area contributed by atoms with Crippen molar-refractivity contribution in [1.29, 1.82) is 0 Å². The van der Waals surface area contributed by atoms with E-state index in [1.807, 2.05) is 80.8 Å². The average molecular weight is 494 g/mol. The number of carbonyl (C=O) groups excluding carboxylic acids is 2. The maximum absolute atomic E-state index is 12.9. The van der Waals surface area contributed by atoms with Gasteiger partial charge in [0.05, 0.1) is 11.8 Å². The van der Waals surface area contributed by atoms with E-state index in [0.717, 1.165) is 11.3 Å². The molecule has 2 N–H and O–H groups in total. The van der Waals surface area contributed by atoms with E-state index in [1.54, 1.807) is 0 Å². The zero-order valence-electron chi connectivity index (χ0n) is 21.3. The molecule has 186 valence electrons. The molecule has 1 aromatic heterocycles. The van der Waals surface area contributed by atoms with Gasteiger partial charge in [0.2, 0.25) is 5.91 Å². The molecule has 0 bridgehead atoms. The van der Waals surface area contributed by atoms with Gasteiger partial charge in [-0.1, -0.05) is 69.3 Å². The van der Waals surface area contributed by atoms with Gasteiger partial charge in [0.15, 0.2) is 11.0 Å². The van der Waals surface area contributed by atoms with E-state index in [1.165, 1.54) is 17.3 Å². The van der Waals surface area contributed by atoms with Crippen molar-refractivity contribution in [2.75, 3.05) is 11.1 Å². The second-order valence-corrected chi connectivity index (χ2v) is 10.2. The molecule has 0 radical (unpaired) electrons. The first-order chi connectivity index (χ1) is 16.7. The van der Waals surface area contributed by atoms with Crippen LogP contribution in [0.15, 0.2) is 53.7 Å². The smallest absolute Gasteiger partial charge is 0.251 e. The molecule has 3 rings (SSSR count). The van der Waals surface area contributed by atoms with E-state index in [4.69, 9.17) is 0 Å². The van der Waals surface area contributed by atoms with Crippen LogP contribution in [0.2, 0.25) is 0 Å². The molecule has 0 spiro atoms. The van der Waals surface area contributed by atoms with Crippen molar-refractivity contribution in [3.63, 3.8) is 0 Å². The van der Waals surface area contributed by atoms with Gasteiger partial charge in [0.1, 0.15) is 0 Å². The summed E-state index contributed by atoms with van der Waals surface area (Å²) in [4.78, 5) is 25.4. The van der Waals surface area contributed by atoms with Crippen LogP contribution in [0.5, 0.6) is 0 Å². The summed E-state index contributed by atoms with van der Waals surface area (Å²) in [7, 11) is 0. The number of hydrogen-bond donors (Lipinski definition) is 2. The number of nitrogens with zero attached hydrogens (tertiary/aromatic N) is 3. The van der Waals surface area contributed by atoms with E-state index in [2.05, 4.69) is 34.7 Å². The predicted octanol–water partition coefficient (Wildman–Crippen LogP) is 5.59. The molecule has 2 aromatic carbocycles. The Hall–Kier alpha value is -3.13. The highest BCUT2D eigenvalue weighted by Gasteiger charge is 2.26. The fraction of sp³-hybridized carbons (Fsp3) is 0.407. The van der Waals surface area contributed by atoms with E-state index in [9.17, 15) is 9.59 Å². The number of benzene rings is 2. The number of aromatic nitrogens is 3. The number of thioether (sulfide) groups is 1. The SMILES string of the molecule is CCn1c(SCC(=O)Nc2ccc(C(C)C)cc2)nnc1[C@@H](NC(=O)c1ccc(C)cc1)C(C)C. The number of hydrogen-bond acceptors (Lipinski definition) is 5. The number of nitrogens with one attached hydrogen (secondary N) is 2. The van der Waals surface area contributed by atoms with Crippen molar-refractivity contribution in [1.82, 2.24) is 20.1 Å². The summed E-state index contributed by atoms with van der Waals surface area (Å²) in [6.45, 7) is 13.0. The van der Waals surface area contributed by atoms with Crippen LogP contribution in [-0.4, -0.2) is 32.3 Å². The Morgan fingerprint density at radius 1 is 0.971 bits per heavy atom. The van der Waals surface area contributed by atoms with Crippen LogP contribution in [0.4, 0.5) is 5.69 Å². The van der Waals surface area contributed by atoms with Crippen molar-refractivity contribution in [2.24, 2.45) is 5.92 Å². The third-order valence-corrected chi connectivity index (χ3v) is 6.77. The third-order valence-electron chi connectivity index (χ3n) is 5.80. The Kier molecular flexibility index (Phi) is 9.09. The first-order valence-electron chi connectivity index (χ1n) is 12.0. The van der Waals surface area contributed by atoms with Gasteiger partial charge in [-0.2, -0.15) is 0 Å². The monoisotopic (exact) mass is 493 g/mol. The highest BCUT2D eigenvalue weighted by Crippen LogP contribution is 2.26. The second kappa shape index (κ2) is 12.0. The molecule has 0 unspecified atom stereocenters. The van der Waals surface area contributed by atoms with Crippen LogP contribution in [-0.2, 0) is 11.3 Å². The van der Waals surface area contributed by atoms with Crippen LogP contribution >= 0.6 is 11.8 Å². The molecule has 0 aliphatic heterocycles. The number of rotatable bonds is 10. The topological polar surface area (TPSA) is 88.9 Å². The van der Waals surface area contributed by atoms with Gasteiger partial charge in [0, 0.05) is 17.8 Å². The Labute approximate surface area is 212 Å². The summed E-state index contributed by atoms with van der Waals surface area (Å²) in [5, 5.41) is 15.4. The maximum Gasteiger partial charge on any atom is 0.251 e. The summed E-state index contributed by atoms with van der Waals surface area (Å²) in [6.07, 6.45) is 0. The number of amides is 2. The summed E-state index contributed by atoms with van der Waals surface area (Å²) in [5.74, 6) is 1.20. The molecule has 3 aromatic rings. The van der Waals surface area contributed by atoms with Gasteiger partial charge in [-0.05, 0) is 55.5 Å². The van der Waals surface area contributed by atoms with Crippen LogP contribution in [0.3, 0.4) is 0 Å². The number of carbonyl (C=O) groups is 2. The Balaban J connectivity index is 1.67. The van der Waals surface area contributed by atoms with Crippen molar-refractivity contribution < 1.29 is 9.59 Å². The van der Waals surface area contributed by atoms with E-state index >= 15 is 0 Å². The lowest BCUT2D eigenvalue weighted by atomic mass is 10.0. The first-order valence-corrected chi connectivity index (χ1v) is 13.0. The Morgan fingerprint density at radius 3 is 2.20 bits per heavy atom. The normalized spacial score (nSPS) is 12.1. The minimum atomic E-state index is -0.307. The van der Waals surface area contributed by atoms with Gasteiger partial charge >= 0.3 is 0 Å². The van der Waals surface area contributed by atoms with Gasteiger partial charge in [-0.3, -0.25) is 9.59 Å². The molecule has 2 amide bonds. The van der Waals surface area contributed by atoms with Gasteiger partial charge in [-0.15, -0.1) is 10.2 Å². The van der Waals surface area contributed by atoms with Crippen molar-refractivity contribution in [3.8, 4) is 0 Å². The van der Waals surface area contributed by atoms with Crippen LogP contribution < -0.4 is 10.6 Å². The standard InChI is InChI=1S/C27H35N5O2S/c1-7-32-25(24(18(4)5)29-26(34)21-10-8-19(6)9-11-21)30-31-27(32)35-16-23(33)28-22-14-12-20(13-15-22)17(2)3/h8-15,17-18,24H,7,16H2,1-6H3,(H,28,33)(H,29,34)/t24-/m0/s1. The molecule has 7 nitrogen and oxygen atoms in total. The molecule has 8 heteroatoms. The zero-order valence-corrected chi connectivity index (χ0v) is 22.1. The fourth-order valence-electron chi connectivity index (χ4n) is 3.67. The summed E-state index contributed by atoms with van der Waals surface area (Å²) in [5.41, 5.74) is 3.72. The second-order valence-electron chi connectivity index (χ2n) is 9.26. The Morgan fingerprint density at radius 2 is 1.63 bits per heavy atom. The molecule has 0 fully saturated rings. The Bertz CT molecular complexity index is 1140. The minimum absolute atomic E-state index is 0.104. The van der Waals surface area contributed by atoms with Gasteiger partial charge < -0.3 is 15.2 Å². The molecule has 1 atom stereocenters. The molecule has 0 saturated heterocycles. The molecular formula is C27H35N5O2S. The molecule has 35 heavy (non-hydrogen) atoms. The van der Waals surface area contributed by atoms with Crippen LogP contribution in [0.1, 0.15) is 73.9 Å². The van der Waals surface area contributed by atoms with Crippen LogP contribution in [0.25, 0.3) is 0 Å². The van der Waals surface area contributed by atoms with Crippen molar-refractivity contribution >= 4 is 29.3 Å². The maximum atomic E-state index is 12.9. The molecule has 0 aliphatic rings. The third kappa shape index (κ3) is 6.94. The summed E-state index contributed by atoms with van der Waals surface area (Å²) >= 11 is 1.34. The average Bonchev–Trinajstić information content (AvgIpc) is 3.24. The number of anilines is 1. The van der Waals surface area contributed by atoms with E-state index < -0.39 is 0 Å². The molecule has 0 saturated carbocycles. The highest BCUT2D eigenvalue weighted by molar-refractivity contribution is 7.99. The van der Waals surface area contributed by atoms with Crippen LogP contribution in [0, 0.1) is 12.8 Å². The first kappa shape index (κ1) is 26.5. The lowest BCUT2D eigenvalue weighted by molar-refractivity contribution is -0.113. The minimum Gasteiger partial charge on any atom is -0.342 e. The largest absolute Gasteiger partial charge is 0.342 e. The quantitative estimate of drug-likeness (QED) is 0.360. The molecular weight excluding hydrogens is 458 g/mol. The molecule has 1 heterocycles. The van der Waals surface area contributed by atoms with Gasteiger partial charge in [0.25, 0.3) is 5.91 Å². The number of aryl methyl sites for hydroxylation is 1. The van der Waals surface area contributed by atoms with E-state index in [0.29, 0.717) is 29.0 Å². The van der Waals surface area contributed by atoms with E-state index in [-0.39, 0.29) is 29.5 Å². The summed E-state index contributed by atoms with van der Waals surface area (Å²) < 4.78 is 1.97. The molecule has 0 aliphatic carbocycles. The lowest BCUT2D eigenvalue weighted by Gasteiger charge is -2.22.